The molecule has 2 rings (SSSR count). The van der Waals surface area contributed by atoms with Crippen molar-refractivity contribution in [2.75, 3.05) is 19.8 Å². The molecule has 0 N–H and O–H groups in total. The summed E-state index contributed by atoms with van der Waals surface area (Å²) < 4.78 is 47.7. The van der Waals surface area contributed by atoms with Crippen LogP contribution in [-0.2, 0) is 29.6 Å². The third kappa shape index (κ3) is 4.20. The molecule has 1 aliphatic rings. The van der Waals surface area contributed by atoms with E-state index in [0.717, 1.165) is 17.2 Å². The minimum atomic E-state index is -3.94. The van der Waals surface area contributed by atoms with Crippen LogP contribution >= 0.6 is 7.82 Å². The van der Waals surface area contributed by atoms with Gasteiger partial charge in [0.2, 0.25) is 5.82 Å². The number of nitrogens with zero attached hydrogens (tertiary/aromatic N) is 2. The molecule has 11 heteroatoms. The highest BCUT2D eigenvalue weighted by atomic mass is 31.2. The maximum Gasteiger partial charge on any atom is 0.476 e. The predicted octanol–water partition coefficient (Wildman–Crippen LogP) is 1.61. The zero-order valence-electron chi connectivity index (χ0n) is 13.5. The lowest BCUT2D eigenvalue weighted by Gasteiger charge is -2.18. The number of hydrogen-bond acceptors (Lipinski definition) is 7. The first kappa shape index (κ1) is 19.0. The number of rotatable bonds is 8. The number of hydrogen-bond donors (Lipinski definition) is 0. The van der Waals surface area contributed by atoms with E-state index < -0.39 is 37.8 Å². The number of aromatic nitrogens is 2. The van der Waals surface area contributed by atoms with E-state index >= 15 is 0 Å². The predicted molar refractivity (Wildman–Crippen MR) is 81.1 cm³/mol. The molecular weight excluding hydrogens is 346 g/mol. The van der Waals surface area contributed by atoms with Gasteiger partial charge in [0.1, 0.15) is 13.0 Å². The maximum atomic E-state index is 13.9. The van der Waals surface area contributed by atoms with Gasteiger partial charge in [-0.1, -0.05) is 0 Å². The zero-order valence-corrected chi connectivity index (χ0v) is 14.4. The van der Waals surface area contributed by atoms with Gasteiger partial charge in [-0.2, -0.15) is 4.39 Å². The zero-order chi connectivity index (χ0) is 17.7. The van der Waals surface area contributed by atoms with Crippen molar-refractivity contribution < 1.29 is 27.3 Å². The Balaban J connectivity index is 2.30. The van der Waals surface area contributed by atoms with E-state index in [1.807, 2.05) is 0 Å². The summed E-state index contributed by atoms with van der Waals surface area (Å²) in [5.41, 5.74) is -2.01. The second-order valence-electron chi connectivity index (χ2n) is 4.91. The summed E-state index contributed by atoms with van der Waals surface area (Å²) in [7, 11) is -3.94. The van der Waals surface area contributed by atoms with Crippen LogP contribution in [0.4, 0.5) is 4.39 Å². The van der Waals surface area contributed by atoms with Crippen LogP contribution in [0.2, 0.25) is 0 Å². The van der Waals surface area contributed by atoms with Crippen molar-refractivity contribution in [1.82, 2.24) is 9.13 Å². The standard InChI is InChI=1S/C13H20FN2O7P/c1-3-21-24(19,22-4-2)23-9-16-12(17)10(14)8-15(13(16)18)11-6-5-7-20-11/h8,11H,3-7,9H2,1-2H3. The van der Waals surface area contributed by atoms with Gasteiger partial charge in [0.25, 0.3) is 5.56 Å². The van der Waals surface area contributed by atoms with Crippen LogP contribution in [0, 0.1) is 5.82 Å². The Morgan fingerprint density at radius 2 is 1.96 bits per heavy atom. The molecule has 0 amide bonds. The van der Waals surface area contributed by atoms with E-state index in [4.69, 9.17) is 18.3 Å². The van der Waals surface area contributed by atoms with Crippen LogP contribution in [0.25, 0.3) is 0 Å². The lowest BCUT2D eigenvalue weighted by Crippen LogP contribution is -2.42. The number of ether oxygens (including phenoxy) is 1. The molecule has 1 aliphatic heterocycles. The minimum Gasteiger partial charge on any atom is -0.358 e. The highest BCUT2D eigenvalue weighted by molar-refractivity contribution is 7.48. The fourth-order valence-electron chi connectivity index (χ4n) is 2.24. The molecule has 0 aliphatic carbocycles. The first-order valence-corrected chi connectivity index (χ1v) is 9.04. The Bertz CT molecular complexity index is 716. The van der Waals surface area contributed by atoms with Gasteiger partial charge in [0.15, 0.2) is 0 Å². The van der Waals surface area contributed by atoms with Gasteiger partial charge >= 0.3 is 13.5 Å². The Morgan fingerprint density at radius 3 is 2.50 bits per heavy atom. The molecule has 1 atom stereocenters. The van der Waals surface area contributed by atoms with Gasteiger partial charge in [-0.25, -0.2) is 13.9 Å². The molecule has 0 aromatic carbocycles. The van der Waals surface area contributed by atoms with Gasteiger partial charge in [0, 0.05) is 6.61 Å². The fourth-order valence-corrected chi connectivity index (χ4v) is 3.36. The van der Waals surface area contributed by atoms with Crippen molar-refractivity contribution in [3.63, 3.8) is 0 Å². The molecule has 0 spiro atoms. The molecule has 1 unspecified atom stereocenters. The Morgan fingerprint density at radius 1 is 1.29 bits per heavy atom. The van der Waals surface area contributed by atoms with E-state index in [-0.39, 0.29) is 13.2 Å². The SMILES string of the molecule is CCOP(=O)(OCC)OCn1c(=O)c(F)cn(C2CCCO2)c1=O. The number of phosphoric acid groups is 1. The van der Waals surface area contributed by atoms with Gasteiger partial charge < -0.3 is 4.74 Å². The molecular formula is C13H20FN2O7P. The maximum absolute atomic E-state index is 13.9. The van der Waals surface area contributed by atoms with Crippen LogP contribution in [0.5, 0.6) is 0 Å². The summed E-state index contributed by atoms with van der Waals surface area (Å²) >= 11 is 0. The summed E-state index contributed by atoms with van der Waals surface area (Å²) in [6.07, 6.45) is 1.40. The Labute approximate surface area is 137 Å². The molecule has 1 aromatic heterocycles. The molecule has 24 heavy (non-hydrogen) atoms. The smallest absolute Gasteiger partial charge is 0.358 e. The number of phosphoric ester groups is 1. The normalized spacial score (nSPS) is 18.2. The average Bonchev–Trinajstić information content (AvgIpc) is 3.05. The summed E-state index contributed by atoms with van der Waals surface area (Å²) in [5.74, 6) is -1.14. The first-order chi connectivity index (χ1) is 11.4. The van der Waals surface area contributed by atoms with Crippen molar-refractivity contribution in [3.05, 3.63) is 32.9 Å². The topological polar surface area (TPSA) is 98.0 Å². The van der Waals surface area contributed by atoms with Crippen LogP contribution < -0.4 is 11.2 Å². The van der Waals surface area contributed by atoms with Crippen molar-refractivity contribution in [3.8, 4) is 0 Å². The van der Waals surface area contributed by atoms with Crippen LogP contribution in [-0.4, -0.2) is 29.0 Å². The van der Waals surface area contributed by atoms with Crippen molar-refractivity contribution in [1.29, 1.82) is 0 Å². The minimum absolute atomic E-state index is 0.0372. The lowest BCUT2D eigenvalue weighted by atomic mass is 10.3. The van der Waals surface area contributed by atoms with E-state index in [0.29, 0.717) is 17.6 Å². The highest BCUT2D eigenvalue weighted by Crippen LogP contribution is 2.49. The van der Waals surface area contributed by atoms with E-state index in [9.17, 15) is 18.5 Å². The first-order valence-electron chi connectivity index (χ1n) is 7.58. The van der Waals surface area contributed by atoms with Crippen molar-refractivity contribution in [2.45, 2.75) is 39.6 Å². The van der Waals surface area contributed by atoms with E-state index in [2.05, 4.69) is 0 Å². The third-order valence-corrected chi connectivity index (χ3v) is 4.87. The quantitative estimate of drug-likeness (QED) is 0.645. The molecule has 0 radical (unpaired) electrons. The van der Waals surface area contributed by atoms with Crippen molar-refractivity contribution in [2.24, 2.45) is 0 Å². The van der Waals surface area contributed by atoms with Gasteiger partial charge in [-0.3, -0.25) is 22.9 Å². The monoisotopic (exact) mass is 366 g/mol. The summed E-state index contributed by atoms with van der Waals surface area (Å²) in [6.45, 7) is 2.91. The Hall–Kier alpha value is -1.32. The molecule has 1 saturated heterocycles. The van der Waals surface area contributed by atoms with Crippen molar-refractivity contribution >= 4 is 7.82 Å². The van der Waals surface area contributed by atoms with Gasteiger partial charge in [0.05, 0.1) is 19.4 Å². The lowest BCUT2D eigenvalue weighted by molar-refractivity contribution is 0.0467. The second kappa shape index (κ2) is 8.17. The molecule has 1 aromatic rings. The fraction of sp³-hybridized carbons (Fsp3) is 0.692. The van der Waals surface area contributed by atoms with Crippen LogP contribution in [0.1, 0.15) is 32.9 Å². The van der Waals surface area contributed by atoms with Gasteiger partial charge in [-0.15, -0.1) is 0 Å². The summed E-state index contributed by atoms with van der Waals surface area (Å²) in [4.78, 5) is 24.3. The average molecular weight is 366 g/mol. The summed E-state index contributed by atoms with van der Waals surface area (Å²) in [6, 6.07) is 0. The van der Waals surface area contributed by atoms with E-state index in [1.165, 1.54) is 0 Å². The number of halogens is 1. The summed E-state index contributed by atoms with van der Waals surface area (Å²) in [5, 5.41) is 0. The third-order valence-electron chi connectivity index (χ3n) is 3.29. The molecule has 136 valence electrons. The largest absolute Gasteiger partial charge is 0.476 e. The molecule has 1 fully saturated rings. The molecule has 0 bridgehead atoms. The highest BCUT2D eigenvalue weighted by Gasteiger charge is 2.27. The molecule has 2 heterocycles. The second-order valence-corrected chi connectivity index (χ2v) is 6.58. The molecule has 0 saturated carbocycles. The molecule has 9 nitrogen and oxygen atoms in total. The van der Waals surface area contributed by atoms with Crippen LogP contribution in [0.3, 0.4) is 0 Å². The van der Waals surface area contributed by atoms with E-state index in [1.54, 1.807) is 13.8 Å². The van der Waals surface area contributed by atoms with Crippen LogP contribution in [0.15, 0.2) is 15.8 Å². The van der Waals surface area contributed by atoms with Gasteiger partial charge in [-0.05, 0) is 26.7 Å². The Kier molecular flexibility index (Phi) is 6.47.